The van der Waals surface area contributed by atoms with Gasteiger partial charge < -0.3 is 11.1 Å². The van der Waals surface area contributed by atoms with E-state index in [1.165, 1.54) is 12.8 Å². The van der Waals surface area contributed by atoms with Gasteiger partial charge in [0.2, 0.25) is 0 Å². The van der Waals surface area contributed by atoms with Crippen LogP contribution >= 0.6 is 12.2 Å². The highest BCUT2D eigenvalue weighted by molar-refractivity contribution is 7.80. The molecule has 100 valence electrons. The predicted octanol–water partition coefficient (Wildman–Crippen LogP) is 2.88. The summed E-state index contributed by atoms with van der Waals surface area (Å²) in [4.78, 5) is 8.76. The van der Waals surface area contributed by atoms with Crippen molar-refractivity contribution < 1.29 is 0 Å². The molecule has 0 radical (unpaired) electrons. The predicted molar refractivity (Wildman–Crippen MR) is 79.8 cm³/mol. The fraction of sp³-hybridized carbons (Fsp3) is 0.615. The van der Waals surface area contributed by atoms with E-state index in [2.05, 4.69) is 29.1 Å². The molecule has 0 amide bonds. The molecule has 1 atom stereocenters. The average Bonchev–Trinajstić information content (AvgIpc) is 2.36. The Bertz CT molecular complexity index is 381. The zero-order chi connectivity index (χ0) is 13.4. The van der Waals surface area contributed by atoms with E-state index in [0.717, 1.165) is 19.3 Å². The van der Waals surface area contributed by atoms with Gasteiger partial charge in [-0.3, -0.25) is 0 Å². The highest BCUT2D eigenvalue weighted by Gasteiger charge is 2.12. The molecular weight excluding hydrogens is 244 g/mol. The first-order chi connectivity index (χ1) is 8.69. The first-order valence-electron chi connectivity index (χ1n) is 6.56. The molecular formula is C13H22N4S. The third-order valence-electron chi connectivity index (χ3n) is 2.82. The summed E-state index contributed by atoms with van der Waals surface area (Å²) in [5, 5.41) is 3.42. The maximum atomic E-state index is 5.65. The van der Waals surface area contributed by atoms with E-state index >= 15 is 0 Å². The number of nitrogens with two attached hydrogens (primary N) is 1. The SMILES string of the molecule is CCCCC(CCC)Nc1nccnc1C(N)=S. The van der Waals surface area contributed by atoms with Crippen LogP contribution in [0.15, 0.2) is 12.4 Å². The van der Waals surface area contributed by atoms with Gasteiger partial charge in [0, 0.05) is 18.4 Å². The normalized spacial score (nSPS) is 12.1. The van der Waals surface area contributed by atoms with Crippen LogP contribution < -0.4 is 11.1 Å². The molecule has 0 aromatic carbocycles. The van der Waals surface area contributed by atoms with Crippen LogP contribution in [0.1, 0.15) is 51.6 Å². The van der Waals surface area contributed by atoms with Gasteiger partial charge in [-0.15, -0.1) is 0 Å². The van der Waals surface area contributed by atoms with E-state index < -0.39 is 0 Å². The van der Waals surface area contributed by atoms with Crippen molar-refractivity contribution in [1.29, 1.82) is 0 Å². The van der Waals surface area contributed by atoms with Gasteiger partial charge in [-0.25, -0.2) is 9.97 Å². The molecule has 0 saturated heterocycles. The van der Waals surface area contributed by atoms with Crippen molar-refractivity contribution in [3.05, 3.63) is 18.1 Å². The maximum absolute atomic E-state index is 5.65. The van der Waals surface area contributed by atoms with E-state index in [1.807, 2.05) is 0 Å². The average molecular weight is 266 g/mol. The summed E-state index contributed by atoms with van der Waals surface area (Å²) < 4.78 is 0. The van der Waals surface area contributed by atoms with Gasteiger partial charge in [0.15, 0.2) is 5.82 Å². The molecule has 1 unspecified atom stereocenters. The molecule has 0 bridgehead atoms. The van der Waals surface area contributed by atoms with Gasteiger partial charge in [0.05, 0.1) is 0 Å². The van der Waals surface area contributed by atoms with Crippen LogP contribution in [-0.4, -0.2) is 21.0 Å². The number of nitrogens with zero attached hydrogens (tertiary/aromatic N) is 2. The summed E-state index contributed by atoms with van der Waals surface area (Å²) >= 11 is 4.99. The molecule has 5 heteroatoms. The van der Waals surface area contributed by atoms with Gasteiger partial charge in [0.25, 0.3) is 0 Å². The fourth-order valence-electron chi connectivity index (χ4n) is 1.90. The Morgan fingerprint density at radius 3 is 2.61 bits per heavy atom. The van der Waals surface area contributed by atoms with Crippen LogP contribution in [0.25, 0.3) is 0 Å². The topological polar surface area (TPSA) is 63.8 Å². The van der Waals surface area contributed by atoms with Crippen LogP contribution in [0.3, 0.4) is 0 Å². The van der Waals surface area contributed by atoms with Gasteiger partial charge in [-0.2, -0.15) is 0 Å². The smallest absolute Gasteiger partial charge is 0.155 e. The number of rotatable bonds is 8. The third-order valence-corrected chi connectivity index (χ3v) is 3.01. The molecule has 1 aromatic heterocycles. The summed E-state index contributed by atoms with van der Waals surface area (Å²) in [6.45, 7) is 4.39. The largest absolute Gasteiger partial charge is 0.388 e. The number of hydrogen-bond acceptors (Lipinski definition) is 4. The van der Waals surface area contributed by atoms with E-state index in [-0.39, 0.29) is 4.99 Å². The van der Waals surface area contributed by atoms with Gasteiger partial charge in [0.1, 0.15) is 10.7 Å². The van der Waals surface area contributed by atoms with Gasteiger partial charge in [-0.1, -0.05) is 45.3 Å². The standard InChI is InChI=1S/C13H22N4S/c1-3-5-7-10(6-4-2)17-13-11(12(14)18)15-8-9-16-13/h8-10H,3-7H2,1-2H3,(H2,14,18)(H,16,17). The number of anilines is 1. The summed E-state index contributed by atoms with van der Waals surface area (Å²) in [7, 11) is 0. The molecule has 3 N–H and O–H groups in total. The number of hydrogen-bond donors (Lipinski definition) is 2. The first-order valence-corrected chi connectivity index (χ1v) is 6.97. The van der Waals surface area contributed by atoms with E-state index in [0.29, 0.717) is 17.6 Å². The van der Waals surface area contributed by atoms with Gasteiger partial charge in [-0.05, 0) is 12.8 Å². The Labute approximate surface area is 114 Å². The summed E-state index contributed by atoms with van der Waals surface area (Å²) in [6, 6.07) is 0.416. The Kier molecular flexibility index (Phi) is 6.57. The zero-order valence-electron chi connectivity index (χ0n) is 11.1. The minimum absolute atomic E-state index is 0.288. The summed E-state index contributed by atoms with van der Waals surface area (Å²) in [5.41, 5.74) is 6.24. The molecule has 0 aliphatic rings. The van der Waals surface area contributed by atoms with Crippen LogP contribution in [0, 0.1) is 0 Å². The molecule has 18 heavy (non-hydrogen) atoms. The molecule has 1 aromatic rings. The molecule has 1 rings (SSSR count). The van der Waals surface area contributed by atoms with Crippen molar-refractivity contribution in [2.75, 3.05) is 5.32 Å². The molecule has 0 aliphatic carbocycles. The van der Waals surface area contributed by atoms with Gasteiger partial charge >= 0.3 is 0 Å². The third kappa shape index (κ3) is 4.56. The first kappa shape index (κ1) is 14.8. The zero-order valence-corrected chi connectivity index (χ0v) is 12.0. The van der Waals surface area contributed by atoms with Crippen LogP contribution in [-0.2, 0) is 0 Å². The molecule has 0 saturated carbocycles. The lowest BCUT2D eigenvalue weighted by atomic mass is 10.1. The Hall–Kier alpha value is -1.23. The Morgan fingerprint density at radius 1 is 1.28 bits per heavy atom. The highest BCUT2D eigenvalue weighted by Crippen LogP contribution is 2.15. The van der Waals surface area contributed by atoms with Crippen molar-refractivity contribution in [2.45, 2.75) is 52.0 Å². The molecule has 0 spiro atoms. The van der Waals surface area contributed by atoms with Crippen molar-refractivity contribution in [1.82, 2.24) is 9.97 Å². The number of unbranched alkanes of at least 4 members (excludes halogenated alkanes) is 1. The molecule has 0 aliphatic heterocycles. The number of nitrogens with one attached hydrogen (secondary N) is 1. The van der Waals surface area contributed by atoms with Crippen molar-refractivity contribution >= 4 is 23.0 Å². The Balaban J connectivity index is 2.76. The molecule has 1 heterocycles. The summed E-state index contributed by atoms with van der Waals surface area (Å²) in [6.07, 6.45) is 9.08. The van der Waals surface area contributed by atoms with E-state index in [4.69, 9.17) is 18.0 Å². The van der Waals surface area contributed by atoms with Crippen molar-refractivity contribution in [3.8, 4) is 0 Å². The quantitative estimate of drug-likeness (QED) is 0.708. The molecule has 4 nitrogen and oxygen atoms in total. The second kappa shape index (κ2) is 7.97. The number of aromatic nitrogens is 2. The lowest BCUT2D eigenvalue weighted by molar-refractivity contribution is 0.562. The maximum Gasteiger partial charge on any atom is 0.155 e. The number of thiocarbonyl (C=S) groups is 1. The lowest BCUT2D eigenvalue weighted by Gasteiger charge is -2.19. The second-order valence-electron chi connectivity index (χ2n) is 4.39. The van der Waals surface area contributed by atoms with Crippen LogP contribution in [0.2, 0.25) is 0 Å². The second-order valence-corrected chi connectivity index (χ2v) is 4.83. The van der Waals surface area contributed by atoms with Crippen molar-refractivity contribution in [2.24, 2.45) is 5.73 Å². The van der Waals surface area contributed by atoms with Crippen molar-refractivity contribution in [3.63, 3.8) is 0 Å². The summed E-state index contributed by atoms with van der Waals surface area (Å²) in [5.74, 6) is 0.708. The van der Waals surface area contributed by atoms with E-state index in [1.54, 1.807) is 12.4 Å². The highest BCUT2D eigenvalue weighted by atomic mass is 32.1. The minimum Gasteiger partial charge on any atom is -0.388 e. The van der Waals surface area contributed by atoms with E-state index in [9.17, 15) is 0 Å². The van der Waals surface area contributed by atoms with Crippen LogP contribution in [0.5, 0.6) is 0 Å². The molecule has 0 fully saturated rings. The van der Waals surface area contributed by atoms with Crippen LogP contribution in [0.4, 0.5) is 5.82 Å². The monoisotopic (exact) mass is 266 g/mol. The Morgan fingerprint density at radius 2 is 2.00 bits per heavy atom. The minimum atomic E-state index is 0.288. The fourth-order valence-corrected chi connectivity index (χ4v) is 2.05. The lowest BCUT2D eigenvalue weighted by Crippen LogP contribution is -2.23.